The van der Waals surface area contributed by atoms with Gasteiger partial charge in [0.1, 0.15) is 0 Å². The Hall–Kier alpha value is -0.680. The van der Waals surface area contributed by atoms with Crippen molar-refractivity contribution in [3.8, 4) is 0 Å². The molecule has 0 amide bonds. The summed E-state index contributed by atoms with van der Waals surface area (Å²) in [6.07, 6.45) is 4.65. The zero-order valence-electron chi connectivity index (χ0n) is 8.48. The summed E-state index contributed by atoms with van der Waals surface area (Å²) >= 11 is 1.92. The number of nitrogen functional groups attached to an aromatic ring is 1. The number of ether oxygens (including phenoxy) is 1. The number of nitrogens with zero attached hydrogens (tertiary/aromatic N) is 2. The Bertz CT molecular complexity index is 252. The van der Waals surface area contributed by atoms with Gasteiger partial charge in [-0.2, -0.15) is 16.9 Å². The van der Waals surface area contributed by atoms with Gasteiger partial charge in [-0.15, -0.1) is 0 Å². The molecule has 5 heteroatoms. The second-order valence-electron chi connectivity index (χ2n) is 3.00. The van der Waals surface area contributed by atoms with Gasteiger partial charge in [-0.05, 0) is 12.2 Å². The number of methoxy groups -OCH3 is 1. The lowest BCUT2D eigenvalue weighted by Crippen LogP contribution is -2.01. The smallest absolute Gasteiger partial charge is 0.0719 e. The molecule has 2 N–H and O–H groups in total. The van der Waals surface area contributed by atoms with Crippen LogP contribution < -0.4 is 5.73 Å². The van der Waals surface area contributed by atoms with Crippen LogP contribution in [-0.4, -0.2) is 35.0 Å². The number of anilines is 1. The van der Waals surface area contributed by atoms with E-state index in [2.05, 4.69) is 5.10 Å². The van der Waals surface area contributed by atoms with Crippen LogP contribution in [0.4, 0.5) is 5.69 Å². The highest BCUT2D eigenvalue weighted by Crippen LogP contribution is 2.05. The van der Waals surface area contributed by atoms with E-state index in [4.69, 9.17) is 10.5 Å². The van der Waals surface area contributed by atoms with Crippen molar-refractivity contribution in [2.75, 3.05) is 31.0 Å². The standard InChI is InChI=1S/C9H17N3OS/c1-13-4-2-5-14-6-3-12-8-9(10)7-11-12/h7-8H,2-6,10H2,1H3. The first-order chi connectivity index (χ1) is 6.83. The van der Waals surface area contributed by atoms with Crippen LogP contribution in [0.3, 0.4) is 0 Å². The minimum Gasteiger partial charge on any atom is -0.396 e. The molecule has 4 nitrogen and oxygen atoms in total. The molecule has 14 heavy (non-hydrogen) atoms. The second-order valence-corrected chi connectivity index (χ2v) is 4.22. The van der Waals surface area contributed by atoms with Crippen molar-refractivity contribution < 1.29 is 4.74 Å². The normalized spacial score (nSPS) is 10.6. The predicted molar refractivity (Wildman–Crippen MR) is 60.5 cm³/mol. The van der Waals surface area contributed by atoms with Gasteiger partial charge in [0.15, 0.2) is 0 Å². The first-order valence-corrected chi connectivity index (χ1v) is 5.83. The maximum absolute atomic E-state index is 5.54. The van der Waals surface area contributed by atoms with E-state index in [1.807, 2.05) is 22.6 Å². The van der Waals surface area contributed by atoms with E-state index < -0.39 is 0 Å². The number of rotatable bonds is 7. The second kappa shape index (κ2) is 6.73. The molecule has 1 aromatic heterocycles. The van der Waals surface area contributed by atoms with Crippen LogP contribution >= 0.6 is 11.8 Å². The Balaban J connectivity index is 1.99. The molecule has 0 saturated heterocycles. The number of aryl methyl sites for hydroxylation is 1. The summed E-state index contributed by atoms with van der Waals surface area (Å²) in [6, 6.07) is 0. The third kappa shape index (κ3) is 4.53. The molecule has 80 valence electrons. The first kappa shape index (κ1) is 11.4. The Kier molecular flexibility index (Phi) is 5.47. The Morgan fingerprint density at radius 2 is 2.43 bits per heavy atom. The number of aromatic nitrogens is 2. The lowest BCUT2D eigenvalue weighted by atomic mass is 10.5. The van der Waals surface area contributed by atoms with Gasteiger partial charge in [-0.1, -0.05) is 0 Å². The molecular weight excluding hydrogens is 198 g/mol. The highest BCUT2D eigenvalue weighted by Gasteiger charge is 1.94. The molecule has 0 aliphatic carbocycles. The average Bonchev–Trinajstić information content (AvgIpc) is 2.58. The zero-order chi connectivity index (χ0) is 10.2. The number of hydrogen-bond donors (Lipinski definition) is 1. The van der Waals surface area contributed by atoms with E-state index in [-0.39, 0.29) is 0 Å². The van der Waals surface area contributed by atoms with Crippen LogP contribution in [-0.2, 0) is 11.3 Å². The third-order valence-corrected chi connectivity index (χ3v) is 2.80. The lowest BCUT2D eigenvalue weighted by molar-refractivity contribution is 0.200. The summed E-state index contributed by atoms with van der Waals surface area (Å²) < 4.78 is 6.84. The summed E-state index contributed by atoms with van der Waals surface area (Å²) in [5, 5.41) is 4.10. The molecule has 0 bridgehead atoms. The fraction of sp³-hybridized carbons (Fsp3) is 0.667. The van der Waals surface area contributed by atoms with Crippen LogP contribution in [0.25, 0.3) is 0 Å². The molecular formula is C9H17N3OS. The van der Waals surface area contributed by atoms with Crippen LogP contribution in [0.2, 0.25) is 0 Å². The Morgan fingerprint density at radius 1 is 1.57 bits per heavy atom. The molecule has 0 atom stereocenters. The van der Waals surface area contributed by atoms with Gasteiger partial charge in [0, 0.05) is 25.7 Å². The van der Waals surface area contributed by atoms with Crippen LogP contribution in [0.15, 0.2) is 12.4 Å². The monoisotopic (exact) mass is 215 g/mol. The third-order valence-electron chi connectivity index (χ3n) is 1.76. The Morgan fingerprint density at radius 3 is 3.07 bits per heavy atom. The SMILES string of the molecule is COCCCSCCn1cc(N)cn1. The van der Waals surface area contributed by atoms with E-state index in [9.17, 15) is 0 Å². The van der Waals surface area contributed by atoms with Crippen LogP contribution in [0, 0.1) is 0 Å². The molecule has 0 fully saturated rings. The topological polar surface area (TPSA) is 53.1 Å². The van der Waals surface area contributed by atoms with Gasteiger partial charge in [0.25, 0.3) is 0 Å². The lowest BCUT2D eigenvalue weighted by Gasteiger charge is -2.01. The molecule has 1 rings (SSSR count). The zero-order valence-corrected chi connectivity index (χ0v) is 9.30. The average molecular weight is 215 g/mol. The van der Waals surface area contributed by atoms with Crippen molar-refractivity contribution >= 4 is 17.4 Å². The van der Waals surface area contributed by atoms with Crippen molar-refractivity contribution in [3.63, 3.8) is 0 Å². The summed E-state index contributed by atoms with van der Waals surface area (Å²) in [4.78, 5) is 0. The van der Waals surface area contributed by atoms with E-state index in [0.717, 1.165) is 36.8 Å². The van der Waals surface area contributed by atoms with E-state index in [1.54, 1.807) is 13.3 Å². The molecule has 0 radical (unpaired) electrons. The summed E-state index contributed by atoms with van der Waals surface area (Å²) in [5.74, 6) is 2.22. The molecule has 1 heterocycles. The first-order valence-electron chi connectivity index (χ1n) is 4.67. The summed E-state index contributed by atoms with van der Waals surface area (Å²) in [5.41, 5.74) is 6.27. The van der Waals surface area contributed by atoms with Gasteiger partial charge < -0.3 is 10.5 Å². The minimum atomic E-state index is 0.731. The summed E-state index contributed by atoms with van der Waals surface area (Å²) in [6.45, 7) is 1.77. The van der Waals surface area contributed by atoms with Gasteiger partial charge in [0.2, 0.25) is 0 Å². The fourth-order valence-electron chi connectivity index (χ4n) is 1.07. The van der Waals surface area contributed by atoms with Crippen molar-refractivity contribution in [1.82, 2.24) is 9.78 Å². The minimum absolute atomic E-state index is 0.731. The molecule has 0 aliphatic heterocycles. The fourth-order valence-corrected chi connectivity index (χ4v) is 1.91. The van der Waals surface area contributed by atoms with Crippen molar-refractivity contribution in [2.24, 2.45) is 0 Å². The maximum atomic E-state index is 5.54. The van der Waals surface area contributed by atoms with Gasteiger partial charge in [0.05, 0.1) is 18.4 Å². The quantitative estimate of drug-likeness (QED) is 0.695. The number of nitrogens with two attached hydrogens (primary N) is 1. The van der Waals surface area contributed by atoms with Crippen molar-refractivity contribution in [3.05, 3.63) is 12.4 Å². The highest BCUT2D eigenvalue weighted by atomic mass is 32.2. The maximum Gasteiger partial charge on any atom is 0.0719 e. The molecule has 1 aromatic rings. The van der Waals surface area contributed by atoms with Crippen LogP contribution in [0.1, 0.15) is 6.42 Å². The van der Waals surface area contributed by atoms with Crippen LogP contribution in [0.5, 0.6) is 0 Å². The number of hydrogen-bond acceptors (Lipinski definition) is 4. The van der Waals surface area contributed by atoms with E-state index in [1.165, 1.54) is 0 Å². The molecule has 0 saturated carbocycles. The van der Waals surface area contributed by atoms with E-state index in [0.29, 0.717) is 0 Å². The van der Waals surface area contributed by atoms with Crippen molar-refractivity contribution in [1.29, 1.82) is 0 Å². The number of thioether (sulfide) groups is 1. The van der Waals surface area contributed by atoms with Gasteiger partial charge >= 0.3 is 0 Å². The van der Waals surface area contributed by atoms with Gasteiger partial charge in [-0.3, -0.25) is 4.68 Å². The molecule has 0 unspecified atom stereocenters. The Labute approximate surface area is 88.8 Å². The highest BCUT2D eigenvalue weighted by molar-refractivity contribution is 7.99. The van der Waals surface area contributed by atoms with Crippen molar-refractivity contribution in [2.45, 2.75) is 13.0 Å². The van der Waals surface area contributed by atoms with Gasteiger partial charge in [-0.25, -0.2) is 0 Å². The predicted octanol–water partition coefficient (Wildman–Crippen LogP) is 1.23. The molecule has 0 aliphatic rings. The molecule has 0 spiro atoms. The van der Waals surface area contributed by atoms with E-state index >= 15 is 0 Å². The summed E-state index contributed by atoms with van der Waals surface area (Å²) in [7, 11) is 1.73. The molecule has 0 aromatic carbocycles. The largest absolute Gasteiger partial charge is 0.396 e.